The van der Waals surface area contributed by atoms with Crippen LogP contribution in [0.4, 0.5) is 0 Å². The first-order chi connectivity index (χ1) is 12.9. The van der Waals surface area contributed by atoms with Crippen molar-refractivity contribution in [1.29, 1.82) is 0 Å². The third kappa shape index (κ3) is 10.2. The Bertz CT molecular complexity index is 438. The van der Waals surface area contributed by atoms with E-state index < -0.39 is 0 Å². The van der Waals surface area contributed by atoms with Crippen LogP contribution in [0.3, 0.4) is 0 Å². The zero-order valence-corrected chi connectivity index (χ0v) is 18.8. The second-order valence-corrected chi connectivity index (χ2v) is 8.43. The first kappa shape index (κ1) is 27.3. The van der Waals surface area contributed by atoms with Gasteiger partial charge in [-0.1, -0.05) is 72.3 Å². The maximum Gasteiger partial charge on any atom is 0.0999 e. The minimum atomic E-state index is 0. The van der Waals surface area contributed by atoms with Gasteiger partial charge in [-0.25, -0.2) is 0 Å². The summed E-state index contributed by atoms with van der Waals surface area (Å²) in [5, 5.41) is 2.00. The maximum atomic E-state index is 5.88. The Morgan fingerprint density at radius 1 is 0.964 bits per heavy atom. The van der Waals surface area contributed by atoms with E-state index in [0.29, 0.717) is 23.9 Å². The van der Waals surface area contributed by atoms with Crippen LogP contribution in [-0.2, 0) is 9.68 Å². The minimum Gasteiger partial charge on any atom is -0.294 e. The lowest BCUT2D eigenvalue weighted by atomic mass is 9.99. The minimum absolute atomic E-state index is 0. The molecule has 4 nitrogen and oxygen atoms in total. The zero-order chi connectivity index (χ0) is 20.2. The summed E-state index contributed by atoms with van der Waals surface area (Å²) in [5.41, 5.74) is 3.07. The van der Waals surface area contributed by atoms with Gasteiger partial charge in [-0.3, -0.25) is 9.68 Å². The zero-order valence-electron chi connectivity index (χ0n) is 18.8. The molecule has 0 aromatic rings. The van der Waals surface area contributed by atoms with Gasteiger partial charge in [0, 0.05) is 19.1 Å². The molecule has 0 saturated heterocycles. The van der Waals surface area contributed by atoms with Crippen LogP contribution in [0, 0.1) is 11.8 Å². The fourth-order valence-corrected chi connectivity index (χ4v) is 3.43. The molecule has 0 fully saturated rings. The van der Waals surface area contributed by atoms with Gasteiger partial charge < -0.3 is 0 Å². The Morgan fingerprint density at radius 3 is 2.11 bits per heavy atom. The highest BCUT2D eigenvalue weighted by Gasteiger charge is 2.21. The summed E-state index contributed by atoms with van der Waals surface area (Å²) in [4.78, 5) is 11.5. The fourth-order valence-electron chi connectivity index (χ4n) is 3.43. The molecule has 166 valence electrons. The first-order valence-electron chi connectivity index (χ1n) is 11.0. The number of hydrogen-bond donors (Lipinski definition) is 1. The van der Waals surface area contributed by atoms with Gasteiger partial charge in [-0.05, 0) is 51.4 Å². The van der Waals surface area contributed by atoms with Crippen molar-refractivity contribution >= 4 is 0 Å². The van der Waals surface area contributed by atoms with Crippen molar-refractivity contribution in [3.8, 4) is 0 Å². The molecule has 0 radical (unpaired) electrons. The molecule has 0 aromatic carbocycles. The summed E-state index contributed by atoms with van der Waals surface area (Å²) >= 11 is 0. The SMILES string of the molecule is C.CCC[C@@H](C)[C@@H]1C=CC[C@@H](C)N(C)O1.CCC[C@@H](C)[C@@H]1C=CC[C@@H](C)NO1. The van der Waals surface area contributed by atoms with E-state index in [2.05, 4.69) is 71.3 Å². The summed E-state index contributed by atoms with van der Waals surface area (Å²) in [6.07, 6.45) is 16.5. The second kappa shape index (κ2) is 15.2. The molecule has 1 N–H and O–H groups in total. The van der Waals surface area contributed by atoms with Crippen LogP contribution in [0.1, 0.15) is 87.5 Å². The number of nitrogens with zero attached hydrogens (tertiary/aromatic N) is 1. The Kier molecular flexibility index (Phi) is 14.8. The molecule has 2 rings (SSSR count). The van der Waals surface area contributed by atoms with Crippen molar-refractivity contribution in [2.24, 2.45) is 11.8 Å². The van der Waals surface area contributed by atoms with Gasteiger partial charge in [0.05, 0.1) is 12.2 Å². The quantitative estimate of drug-likeness (QED) is 0.534. The summed E-state index contributed by atoms with van der Waals surface area (Å²) in [6.45, 7) is 13.3. The molecule has 2 aliphatic heterocycles. The van der Waals surface area contributed by atoms with E-state index in [1.165, 1.54) is 25.7 Å². The largest absolute Gasteiger partial charge is 0.294 e. The van der Waals surface area contributed by atoms with Crippen LogP contribution in [-0.4, -0.2) is 36.4 Å². The molecule has 28 heavy (non-hydrogen) atoms. The fraction of sp³-hybridized carbons (Fsp3) is 0.833. The molecule has 0 amide bonds. The van der Waals surface area contributed by atoms with Gasteiger partial charge in [0.2, 0.25) is 0 Å². The van der Waals surface area contributed by atoms with Gasteiger partial charge in [-0.2, -0.15) is 10.5 Å². The third-order valence-electron chi connectivity index (χ3n) is 5.54. The van der Waals surface area contributed by atoms with Crippen LogP contribution >= 0.6 is 0 Å². The van der Waals surface area contributed by atoms with Crippen molar-refractivity contribution in [3.63, 3.8) is 0 Å². The predicted octanol–water partition coefficient (Wildman–Crippen LogP) is 6.30. The number of hydroxylamine groups is 3. The molecule has 0 bridgehead atoms. The summed E-state index contributed by atoms with van der Waals surface area (Å²) in [6, 6.07) is 0.931. The van der Waals surface area contributed by atoms with Crippen LogP contribution in [0.2, 0.25) is 0 Å². The van der Waals surface area contributed by atoms with Gasteiger partial charge in [0.25, 0.3) is 0 Å². The average molecular weight is 397 g/mol. The first-order valence-corrected chi connectivity index (χ1v) is 11.0. The Balaban J connectivity index is 0.000000504. The van der Waals surface area contributed by atoms with E-state index in [4.69, 9.17) is 9.68 Å². The average Bonchev–Trinajstić information content (AvgIpc) is 2.95. The predicted molar refractivity (Wildman–Crippen MR) is 122 cm³/mol. The Hall–Kier alpha value is -0.680. The van der Waals surface area contributed by atoms with Crippen LogP contribution in [0.5, 0.6) is 0 Å². The molecule has 6 atom stereocenters. The van der Waals surface area contributed by atoms with Crippen molar-refractivity contribution in [3.05, 3.63) is 24.3 Å². The van der Waals surface area contributed by atoms with Crippen LogP contribution < -0.4 is 5.48 Å². The molecule has 0 unspecified atom stereocenters. The number of nitrogens with one attached hydrogen (secondary N) is 1. The van der Waals surface area contributed by atoms with Crippen molar-refractivity contribution < 1.29 is 9.68 Å². The van der Waals surface area contributed by atoms with E-state index in [9.17, 15) is 0 Å². The van der Waals surface area contributed by atoms with E-state index in [0.717, 1.165) is 12.8 Å². The lowest BCUT2D eigenvalue weighted by Crippen LogP contribution is -2.33. The molecule has 0 aliphatic carbocycles. The molecule has 0 saturated carbocycles. The van der Waals surface area contributed by atoms with Crippen molar-refractivity contribution in [2.45, 2.75) is 112 Å². The molecule has 0 aromatic heterocycles. The van der Waals surface area contributed by atoms with Gasteiger partial charge in [0.15, 0.2) is 0 Å². The standard InChI is InChI=1S/C12H23NO.C11H21NO.CH4/c1-5-7-10(2)12-9-6-8-11(3)13(4)14-12;1-4-6-9(2)11-8-5-7-10(3)12-13-11;/h6,9-12H,5,7-8H2,1-4H3;5,8-12H,4,6-7H2,1-3H3;1H4/t10-,11-,12+;9-,10-,11+;/m11./s1. The summed E-state index contributed by atoms with van der Waals surface area (Å²) < 4.78 is 0. The Morgan fingerprint density at radius 2 is 1.50 bits per heavy atom. The molecule has 2 aliphatic rings. The lowest BCUT2D eigenvalue weighted by Gasteiger charge is -2.27. The third-order valence-corrected chi connectivity index (χ3v) is 5.54. The normalized spacial score (nSPS) is 30.2. The van der Waals surface area contributed by atoms with E-state index in [-0.39, 0.29) is 19.6 Å². The molecular formula is C24H48N2O2. The number of hydrogen-bond acceptors (Lipinski definition) is 4. The van der Waals surface area contributed by atoms with Gasteiger partial charge in [-0.15, -0.1) is 0 Å². The van der Waals surface area contributed by atoms with E-state index in [1.54, 1.807) is 0 Å². The van der Waals surface area contributed by atoms with Crippen LogP contribution in [0.25, 0.3) is 0 Å². The lowest BCUT2D eigenvalue weighted by molar-refractivity contribution is -0.196. The van der Waals surface area contributed by atoms with Crippen LogP contribution in [0.15, 0.2) is 24.3 Å². The van der Waals surface area contributed by atoms with E-state index >= 15 is 0 Å². The topological polar surface area (TPSA) is 33.7 Å². The molecule has 4 heteroatoms. The monoisotopic (exact) mass is 396 g/mol. The van der Waals surface area contributed by atoms with Gasteiger partial charge >= 0.3 is 0 Å². The highest BCUT2D eigenvalue weighted by atomic mass is 16.7. The molecular weight excluding hydrogens is 348 g/mol. The highest BCUT2D eigenvalue weighted by Crippen LogP contribution is 2.21. The Labute approximate surface area is 175 Å². The van der Waals surface area contributed by atoms with Crippen molar-refractivity contribution in [1.82, 2.24) is 10.5 Å². The summed E-state index contributed by atoms with van der Waals surface area (Å²) in [5.74, 6) is 1.23. The molecule has 0 spiro atoms. The summed E-state index contributed by atoms with van der Waals surface area (Å²) in [7, 11) is 2.03. The van der Waals surface area contributed by atoms with Gasteiger partial charge in [0.1, 0.15) is 0 Å². The highest BCUT2D eigenvalue weighted by molar-refractivity contribution is 4.96. The second-order valence-electron chi connectivity index (χ2n) is 8.43. The van der Waals surface area contributed by atoms with Crippen molar-refractivity contribution in [2.75, 3.05) is 7.05 Å². The molecule has 2 heterocycles. The number of rotatable bonds is 6. The maximum absolute atomic E-state index is 5.88. The smallest absolute Gasteiger partial charge is 0.0999 e. The van der Waals surface area contributed by atoms with E-state index in [1.807, 2.05) is 12.1 Å².